The van der Waals surface area contributed by atoms with Crippen LogP contribution in [0.2, 0.25) is 0 Å². The molecule has 3 aromatic rings. The molecule has 0 amide bonds. The minimum atomic E-state index is 0.522. The number of nitrogens with one attached hydrogen (secondary N) is 2. The smallest absolute Gasteiger partial charge is 0.226 e. The van der Waals surface area contributed by atoms with Crippen LogP contribution in [0.25, 0.3) is 11.5 Å². The lowest BCUT2D eigenvalue weighted by Crippen LogP contribution is -2.38. The Kier molecular flexibility index (Phi) is 6.68. The van der Waals surface area contributed by atoms with Gasteiger partial charge in [-0.2, -0.15) is 0 Å². The second kappa shape index (κ2) is 9.60. The van der Waals surface area contributed by atoms with Gasteiger partial charge in [-0.05, 0) is 43.7 Å². The van der Waals surface area contributed by atoms with Crippen LogP contribution >= 0.6 is 0 Å². The highest BCUT2D eigenvalue weighted by Gasteiger charge is 2.07. The molecule has 6 nitrogen and oxygen atoms in total. The number of aryl methyl sites for hydroxylation is 2. The van der Waals surface area contributed by atoms with Crippen molar-refractivity contribution in [1.29, 1.82) is 0 Å². The molecule has 3 rings (SSSR count). The first kappa shape index (κ1) is 19.5. The van der Waals surface area contributed by atoms with Gasteiger partial charge in [0.1, 0.15) is 18.6 Å². The molecule has 2 aromatic carbocycles. The number of hydrogen-bond acceptors (Lipinski definition) is 4. The summed E-state index contributed by atoms with van der Waals surface area (Å²) in [6.45, 7) is 5.81. The summed E-state index contributed by atoms with van der Waals surface area (Å²) >= 11 is 0. The molecular weight excluding hydrogens is 352 g/mol. The van der Waals surface area contributed by atoms with Crippen LogP contribution in [0, 0.1) is 13.8 Å². The fourth-order valence-electron chi connectivity index (χ4n) is 2.66. The SMILES string of the molecule is CN=C(NCCOc1cccc(C)c1)NCc1coc(-c2ccc(C)cc2)n1. The minimum Gasteiger partial charge on any atom is -0.492 e. The number of hydrogen-bond donors (Lipinski definition) is 2. The molecule has 0 spiro atoms. The highest BCUT2D eigenvalue weighted by Crippen LogP contribution is 2.19. The number of aromatic nitrogens is 1. The van der Waals surface area contributed by atoms with E-state index in [4.69, 9.17) is 9.15 Å². The third kappa shape index (κ3) is 5.61. The summed E-state index contributed by atoms with van der Waals surface area (Å²) in [7, 11) is 1.73. The van der Waals surface area contributed by atoms with E-state index in [1.807, 2.05) is 55.5 Å². The van der Waals surface area contributed by atoms with E-state index in [-0.39, 0.29) is 0 Å². The molecule has 0 aliphatic rings. The summed E-state index contributed by atoms with van der Waals surface area (Å²) in [5, 5.41) is 6.45. The molecule has 0 fully saturated rings. The summed E-state index contributed by atoms with van der Waals surface area (Å²) in [6, 6.07) is 16.1. The zero-order chi connectivity index (χ0) is 19.8. The van der Waals surface area contributed by atoms with Gasteiger partial charge in [-0.15, -0.1) is 0 Å². The molecule has 1 heterocycles. The van der Waals surface area contributed by atoms with E-state index in [2.05, 4.69) is 27.5 Å². The molecule has 0 saturated carbocycles. The summed E-state index contributed by atoms with van der Waals surface area (Å²) in [5.41, 5.74) is 4.17. The molecule has 0 saturated heterocycles. The van der Waals surface area contributed by atoms with E-state index < -0.39 is 0 Å². The quantitative estimate of drug-likeness (QED) is 0.373. The standard InChI is InChI=1S/C22H26N4O2/c1-16-7-9-18(10-8-16)21-26-19(15-28-21)14-25-22(23-3)24-11-12-27-20-6-4-5-17(2)13-20/h4-10,13,15H,11-12,14H2,1-3H3,(H2,23,24,25). The maximum atomic E-state index is 5.73. The molecule has 0 bridgehead atoms. The van der Waals surface area contributed by atoms with Crippen LogP contribution in [-0.4, -0.2) is 31.1 Å². The van der Waals surface area contributed by atoms with Crippen molar-refractivity contribution < 1.29 is 9.15 Å². The molecule has 146 valence electrons. The van der Waals surface area contributed by atoms with Crippen molar-refractivity contribution in [2.24, 2.45) is 4.99 Å². The van der Waals surface area contributed by atoms with Gasteiger partial charge < -0.3 is 19.8 Å². The normalized spacial score (nSPS) is 11.3. The fraction of sp³-hybridized carbons (Fsp3) is 0.273. The van der Waals surface area contributed by atoms with Gasteiger partial charge in [0.2, 0.25) is 5.89 Å². The Labute approximate surface area is 165 Å². The largest absolute Gasteiger partial charge is 0.492 e. The summed E-state index contributed by atoms with van der Waals surface area (Å²) in [6.07, 6.45) is 1.66. The van der Waals surface area contributed by atoms with E-state index in [1.165, 1.54) is 11.1 Å². The Morgan fingerprint density at radius 1 is 1.07 bits per heavy atom. The van der Waals surface area contributed by atoms with Crippen LogP contribution < -0.4 is 15.4 Å². The number of guanidine groups is 1. The van der Waals surface area contributed by atoms with Crippen LogP contribution in [0.1, 0.15) is 16.8 Å². The van der Waals surface area contributed by atoms with Gasteiger partial charge in [0.25, 0.3) is 0 Å². The van der Waals surface area contributed by atoms with Crippen LogP contribution in [0.5, 0.6) is 5.75 Å². The number of ether oxygens (including phenoxy) is 1. The molecule has 28 heavy (non-hydrogen) atoms. The first-order valence-corrected chi connectivity index (χ1v) is 9.29. The zero-order valence-corrected chi connectivity index (χ0v) is 16.5. The average Bonchev–Trinajstić information content (AvgIpc) is 3.17. The van der Waals surface area contributed by atoms with Gasteiger partial charge in [0.15, 0.2) is 5.96 Å². The topological polar surface area (TPSA) is 71.7 Å². The second-order valence-electron chi connectivity index (χ2n) is 6.53. The number of aliphatic imine (C=N–C) groups is 1. The lowest BCUT2D eigenvalue weighted by molar-refractivity contribution is 0.321. The minimum absolute atomic E-state index is 0.522. The van der Waals surface area contributed by atoms with Gasteiger partial charge in [-0.3, -0.25) is 4.99 Å². The van der Waals surface area contributed by atoms with E-state index in [0.717, 1.165) is 17.0 Å². The van der Waals surface area contributed by atoms with Gasteiger partial charge in [0, 0.05) is 12.6 Å². The highest BCUT2D eigenvalue weighted by molar-refractivity contribution is 5.79. The predicted octanol–water partition coefficient (Wildman–Crippen LogP) is 3.70. The first-order valence-electron chi connectivity index (χ1n) is 9.29. The molecular formula is C22H26N4O2. The zero-order valence-electron chi connectivity index (χ0n) is 16.5. The van der Waals surface area contributed by atoms with Crippen LogP contribution in [-0.2, 0) is 6.54 Å². The predicted molar refractivity (Wildman–Crippen MR) is 112 cm³/mol. The molecule has 2 N–H and O–H groups in total. The van der Waals surface area contributed by atoms with Gasteiger partial charge >= 0.3 is 0 Å². The summed E-state index contributed by atoms with van der Waals surface area (Å²) in [5.74, 6) is 2.18. The number of nitrogens with zero attached hydrogens (tertiary/aromatic N) is 2. The number of oxazole rings is 1. The Balaban J connectivity index is 1.43. The van der Waals surface area contributed by atoms with Crippen molar-refractivity contribution in [3.8, 4) is 17.2 Å². The Hall–Kier alpha value is -3.28. The van der Waals surface area contributed by atoms with E-state index in [1.54, 1.807) is 13.3 Å². The van der Waals surface area contributed by atoms with Crippen molar-refractivity contribution in [1.82, 2.24) is 15.6 Å². The van der Waals surface area contributed by atoms with Crippen molar-refractivity contribution in [2.75, 3.05) is 20.2 Å². The van der Waals surface area contributed by atoms with Crippen LogP contribution in [0.15, 0.2) is 64.2 Å². The van der Waals surface area contributed by atoms with Crippen molar-refractivity contribution in [3.05, 3.63) is 71.6 Å². The molecule has 0 unspecified atom stereocenters. The van der Waals surface area contributed by atoms with Gasteiger partial charge in [-0.25, -0.2) is 4.98 Å². The van der Waals surface area contributed by atoms with Crippen LogP contribution in [0.3, 0.4) is 0 Å². The average molecular weight is 378 g/mol. The summed E-state index contributed by atoms with van der Waals surface area (Å²) in [4.78, 5) is 8.74. The third-order valence-corrected chi connectivity index (χ3v) is 4.16. The first-order chi connectivity index (χ1) is 13.6. The van der Waals surface area contributed by atoms with Gasteiger partial charge in [0.05, 0.1) is 18.8 Å². The van der Waals surface area contributed by atoms with Crippen LogP contribution in [0.4, 0.5) is 0 Å². The number of benzene rings is 2. The molecule has 0 aliphatic heterocycles. The third-order valence-electron chi connectivity index (χ3n) is 4.16. The van der Waals surface area contributed by atoms with E-state index >= 15 is 0 Å². The Bertz CT molecular complexity index is 916. The van der Waals surface area contributed by atoms with Crippen molar-refractivity contribution in [2.45, 2.75) is 20.4 Å². The maximum absolute atomic E-state index is 5.73. The Morgan fingerprint density at radius 3 is 2.64 bits per heavy atom. The lowest BCUT2D eigenvalue weighted by Gasteiger charge is -2.12. The van der Waals surface area contributed by atoms with Crippen molar-refractivity contribution >= 4 is 5.96 Å². The monoisotopic (exact) mass is 378 g/mol. The van der Waals surface area contributed by atoms with Gasteiger partial charge in [-0.1, -0.05) is 29.8 Å². The highest BCUT2D eigenvalue weighted by atomic mass is 16.5. The molecule has 1 aromatic heterocycles. The summed E-state index contributed by atoms with van der Waals surface area (Å²) < 4.78 is 11.3. The molecule has 0 radical (unpaired) electrons. The molecule has 6 heteroatoms. The van der Waals surface area contributed by atoms with E-state index in [9.17, 15) is 0 Å². The second-order valence-corrected chi connectivity index (χ2v) is 6.53. The number of rotatable bonds is 7. The van der Waals surface area contributed by atoms with Crippen molar-refractivity contribution in [3.63, 3.8) is 0 Å². The van der Waals surface area contributed by atoms with E-state index in [0.29, 0.717) is 31.5 Å². The lowest BCUT2D eigenvalue weighted by atomic mass is 10.1. The fourth-order valence-corrected chi connectivity index (χ4v) is 2.66. The molecule has 0 aliphatic carbocycles. The Morgan fingerprint density at radius 2 is 1.89 bits per heavy atom. The molecule has 0 atom stereocenters. The maximum Gasteiger partial charge on any atom is 0.226 e.